The van der Waals surface area contributed by atoms with Crippen LogP contribution in [0.1, 0.15) is 114 Å². The molecule has 0 aliphatic rings. The minimum absolute atomic E-state index is 0.862. The Labute approximate surface area is 301 Å². The van der Waals surface area contributed by atoms with Gasteiger partial charge in [-0.15, -0.1) is 0 Å². The monoisotopic (exact) mass is 681 g/mol. The Kier molecular flexibility index (Phi) is 17.0. The van der Waals surface area contributed by atoms with Gasteiger partial charge in [0.1, 0.15) is 17.5 Å². The molecule has 0 fully saturated rings. The summed E-state index contributed by atoms with van der Waals surface area (Å²) in [5.41, 5.74) is 18.8. The molecule has 0 aliphatic carbocycles. The zero-order valence-corrected chi connectivity index (χ0v) is 34.5. The summed E-state index contributed by atoms with van der Waals surface area (Å²) in [6.07, 6.45) is 0. The lowest BCUT2D eigenvalue weighted by atomic mass is 10.1. The van der Waals surface area contributed by atoms with Gasteiger partial charge in [-0.1, -0.05) is 0 Å². The molecule has 0 aromatic carbocycles. The molecular formula is C40H60N10. The summed E-state index contributed by atoms with van der Waals surface area (Å²) in [6.45, 7) is 40.0. The van der Waals surface area contributed by atoms with Gasteiger partial charge in [0.15, 0.2) is 0 Å². The fourth-order valence-electron chi connectivity index (χ4n) is 4.49. The predicted molar refractivity (Wildman–Crippen MR) is 205 cm³/mol. The van der Waals surface area contributed by atoms with Crippen LogP contribution in [0.4, 0.5) is 0 Å². The van der Waals surface area contributed by atoms with Crippen molar-refractivity contribution in [2.24, 2.45) is 0 Å². The van der Waals surface area contributed by atoms with Crippen LogP contribution in [0.25, 0.3) is 0 Å². The second-order valence-corrected chi connectivity index (χ2v) is 12.9. The summed E-state index contributed by atoms with van der Waals surface area (Å²) in [5.74, 6) is 2.59. The van der Waals surface area contributed by atoms with E-state index >= 15 is 0 Å². The number of aryl methyl sites for hydroxylation is 15. The molecule has 5 aromatic rings. The van der Waals surface area contributed by atoms with Gasteiger partial charge in [0, 0.05) is 34.2 Å². The van der Waals surface area contributed by atoms with Gasteiger partial charge >= 0.3 is 0 Å². The van der Waals surface area contributed by atoms with E-state index in [-0.39, 0.29) is 0 Å². The summed E-state index contributed by atoms with van der Waals surface area (Å²) >= 11 is 0. The Balaban J connectivity index is 0.000000312. The van der Waals surface area contributed by atoms with Gasteiger partial charge in [0.25, 0.3) is 0 Å². The summed E-state index contributed by atoms with van der Waals surface area (Å²) in [6, 6.07) is 0. The average molecular weight is 681 g/mol. The number of aromatic nitrogens is 10. The van der Waals surface area contributed by atoms with Crippen molar-refractivity contribution < 1.29 is 0 Å². The van der Waals surface area contributed by atoms with E-state index in [1.54, 1.807) is 0 Å². The number of hydrogen-bond acceptors (Lipinski definition) is 10. The third-order valence-electron chi connectivity index (χ3n) is 8.95. The summed E-state index contributed by atoms with van der Waals surface area (Å²) in [7, 11) is 0. The normalized spacial score (nSPS) is 10.0. The first-order valence-corrected chi connectivity index (χ1v) is 17.0. The van der Waals surface area contributed by atoms with Gasteiger partial charge in [-0.05, 0) is 166 Å². The van der Waals surface area contributed by atoms with E-state index < -0.39 is 0 Å². The fourth-order valence-corrected chi connectivity index (χ4v) is 4.49. The van der Waals surface area contributed by atoms with Crippen LogP contribution in [0.2, 0.25) is 0 Å². The lowest BCUT2D eigenvalue weighted by Gasteiger charge is -2.03. The van der Waals surface area contributed by atoms with Crippen molar-refractivity contribution in [2.75, 3.05) is 0 Å². The van der Waals surface area contributed by atoms with E-state index in [2.05, 4.69) is 63.9 Å². The van der Waals surface area contributed by atoms with Crippen molar-refractivity contribution >= 4 is 0 Å². The fraction of sp³-hybridized carbons (Fsp3) is 0.500. The molecule has 0 radical (unpaired) electrons. The Morgan fingerprint density at radius 3 is 0.540 bits per heavy atom. The molecule has 5 aromatic heterocycles. The predicted octanol–water partition coefficient (Wildman–Crippen LogP) is 8.55. The highest BCUT2D eigenvalue weighted by Gasteiger charge is 2.03. The zero-order valence-electron chi connectivity index (χ0n) is 34.5. The zero-order chi connectivity index (χ0) is 38.6. The largest absolute Gasteiger partial charge is 0.255 e. The van der Waals surface area contributed by atoms with E-state index in [0.717, 1.165) is 85.8 Å². The van der Waals surface area contributed by atoms with Crippen LogP contribution >= 0.6 is 0 Å². The minimum Gasteiger partial charge on any atom is -0.255 e. The number of hydrogen-bond donors (Lipinski definition) is 0. The molecule has 0 atom stereocenters. The Bertz CT molecular complexity index is 1630. The van der Waals surface area contributed by atoms with Crippen molar-refractivity contribution in [2.45, 2.75) is 138 Å². The van der Waals surface area contributed by atoms with Crippen LogP contribution in [-0.2, 0) is 0 Å². The molecule has 50 heavy (non-hydrogen) atoms. The van der Waals surface area contributed by atoms with Crippen LogP contribution in [-0.4, -0.2) is 50.1 Å². The summed E-state index contributed by atoms with van der Waals surface area (Å²) in [5, 5.41) is 7.98. The van der Waals surface area contributed by atoms with E-state index in [0.29, 0.717) is 0 Å². The molecule has 0 aliphatic heterocycles. The molecule has 0 N–H and O–H groups in total. The summed E-state index contributed by atoms with van der Waals surface area (Å²) in [4.78, 5) is 34.0. The van der Waals surface area contributed by atoms with Crippen molar-refractivity contribution in [3.05, 3.63) is 114 Å². The maximum Gasteiger partial charge on any atom is 0.125 e. The quantitative estimate of drug-likeness (QED) is 0.157. The molecule has 10 nitrogen and oxygen atoms in total. The highest BCUT2D eigenvalue weighted by Crippen LogP contribution is 2.11. The van der Waals surface area contributed by atoms with Crippen LogP contribution in [0, 0.1) is 138 Å². The number of nitrogens with zero attached hydrogens (tertiary/aromatic N) is 10. The molecule has 0 bridgehead atoms. The number of rotatable bonds is 0. The molecule has 0 spiro atoms. The smallest absolute Gasteiger partial charge is 0.125 e. The van der Waals surface area contributed by atoms with Crippen LogP contribution in [0.15, 0.2) is 0 Å². The first-order valence-electron chi connectivity index (χ1n) is 17.0. The van der Waals surface area contributed by atoms with Crippen molar-refractivity contribution in [1.29, 1.82) is 0 Å². The SMILES string of the molecule is Cc1nc(C)c(C)c(C)n1.Cc1nc(C)c(C)c(C)n1.Cc1nc(C)c(C)c(C)n1.Cc1nc(C)c(C)nc1C.Cc1nnc(C)c(C)c1C. The molecule has 5 heterocycles. The lowest BCUT2D eigenvalue weighted by molar-refractivity contribution is 0.905. The first kappa shape index (κ1) is 43.4. The second kappa shape index (κ2) is 19.6. The summed E-state index contributed by atoms with van der Waals surface area (Å²) < 4.78 is 0. The Hall–Kier alpha value is -4.60. The van der Waals surface area contributed by atoms with Gasteiger partial charge < -0.3 is 0 Å². The Morgan fingerprint density at radius 2 is 0.360 bits per heavy atom. The van der Waals surface area contributed by atoms with Gasteiger partial charge in [0.2, 0.25) is 0 Å². The van der Waals surface area contributed by atoms with E-state index in [4.69, 9.17) is 0 Å². The highest BCUT2D eigenvalue weighted by molar-refractivity contribution is 5.29. The maximum absolute atomic E-state index is 4.31. The first-order chi connectivity index (χ1) is 23.1. The second-order valence-electron chi connectivity index (χ2n) is 12.9. The van der Waals surface area contributed by atoms with Gasteiger partial charge in [-0.3, -0.25) is 9.97 Å². The molecule has 5 rings (SSSR count). The molecule has 10 heteroatoms. The van der Waals surface area contributed by atoms with Gasteiger partial charge in [0.05, 0.1) is 34.2 Å². The van der Waals surface area contributed by atoms with Crippen LogP contribution in [0.3, 0.4) is 0 Å². The van der Waals surface area contributed by atoms with Crippen molar-refractivity contribution in [3.8, 4) is 0 Å². The molecule has 270 valence electrons. The van der Waals surface area contributed by atoms with E-state index in [9.17, 15) is 0 Å². The van der Waals surface area contributed by atoms with Crippen LogP contribution < -0.4 is 0 Å². The minimum atomic E-state index is 0.862. The standard InChI is InChI=1S/5C8H12N2/c1-5-6(2)10-8(4)7(3)9-5;3*1-5-6(2)9-8(4)10-7(5)3;1-5-6(2)8(4)10-9-7(5)3/h5*1-4H3. The Morgan fingerprint density at radius 1 is 0.180 bits per heavy atom. The van der Waals surface area contributed by atoms with Gasteiger partial charge in [-0.2, -0.15) is 10.2 Å². The van der Waals surface area contributed by atoms with Crippen molar-refractivity contribution in [3.63, 3.8) is 0 Å². The third-order valence-corrected chi connectivity index (χ3v) is 8.95. The third kappa shape index (κ3) is 13.4. The highest BCUT2D eigenvalue weighted by atomic mass is 15.1. The lowest BCUT2D eigenvalue weighted by Crippen LogP contribution is -1.97. The van der Waals surface area contributed by atoms with Crippen molar-refractivity contribution in [1.82, 2.24) is 50.1 Å². The maximum atomic E-state index is 4.31. The molecule has 0 saturated carbocycles. The molecule has 0 unspecified atom stereocenters. The van der Waals surface area contributed by atoms with E-state index in [1.807, 2.05) is 125 Å². The topological polar surface area (TPSA) is 129 Å². The molecule has 0 amide bonds. The molecule has 0 saturated heterocycles. The molecular weight excluding hydrogens is 621 g/mol. The van der Waals surface area contributed by atoms with Crippen LogP contribution in [0.5, 0.6) is 0 Å². The van der Waals surface area contributed by atoms with E-state index in [1.165, 1.54) is 27.8 Å². The van der Waals surface area contributed by atoms with Gasteiger partial charge in [-0.25, -0.2) is 29.9 Å². The average Bonchev–Trinajstić information content (AvgIpc) is 3.02.